The third-order valence-corrected chi connectivity index (χ3v) is 4.23. The van der Waals surface area contributed by atoms with Gasteiger partial charge in [-0.25, -0.2) is 5.06 Å². The molecule has 0 saturated carbocycles. The first kappa shape index (κ1) is 10.2. The van der Waals surface area contributed by atoms with Gasteiger partial charge in [0.25, 0.3) is 5.91 Å². The van der Waals surface area contributed by atoms with Gasteiger partial charge in [-0.2, -0.15) is 0 Å². The Balaban J connectivity index is 1.73. The molecule has 2 heterocycles. The molecule has 3 nitrogen and oxygen atoms in total. The highest BCUT2D eigenvalue weighted by atomic mass is 32.2. The molecule has 0 N–H and O–H groups in total. The van der Waals surface area contributed by atoms with Crippen LogP contribution in [-0.2, 0) is 16.1 Å². The summed E-state index contributed by atoms with van der Waals surface area (Å²) < 4.78 is 0. The largest absolute Gasteiger partial charge is 0.271 e. The average Bonchev–Trinajstić information content (AvgIpc) is 2.97. The van der Waals surface area contributed by atoms with Crippen LogP contribution in [0.2, 0.25) is 0 Å². The van der Waals surface area contributed by atoms with E-state index in [2.05, 4.69) is 12.1 Å². The molecule has 84 valence electrons. The number of carbonyl (C=O) groups excluding carboxylic acids is 1. The highest BCUT2D eigenvalue weighted by molar-refractivity contribution is 8.01. The summed E-state index contributed by atoms with van der Waals surface area (Å²) in [6.07, 6.45) is 1.79. The Labute approximate surface area is 98.7 Å². The number of carbonyl (C=O) groups is 1. The quantitative estimate of drug-likeness (QED) is 0.744. The Bertz CT molecular complexity index is 390. The van der Waals surface area contributed by atoms with Crippen molar-refractivity contribution in [3.63, 3.8) is 0 Å². The highest BCUT2D eigenvalue weighted by Gasteiger charge is 2.33. The molecule has 1 aromatic rings. The van der Waals surface area contributed by atoms with Crippen molar-refractivity contribution in [1.29, 1.82) is 0 Å². The first-order chi connectivity index (χ1) is 7.84. The van der Waals surface area contributed by atoms with Crippen molar-refractivity contribution in [2.24, 2.45) is 0 Å². The van der Waals surface area contributed by atoms with E-state index in [0.29, 0.717) is 6.61 Å². The number of hydroxylamine groups is 2. The lowest BCUT2D eigenvalue weighted by Crippen LogP contribution is -2.34. The average molecular weight is 235 g/mol. The predicted octanol–water partition coefficient (Wildman–Crippen LogP) is 1.87. The van der Waals surface area contributed by atoms with Crippen LogP contribution in [0, 0.1) is 0 Å². The number of nitrogens with zero attached hydrogens (tertiary/aromatic N) is 1. The topological polar surface area (TPSA) is 29.5 Å². The van der Waals surface area contributed by atoms with E-state index in [9.17, 15) is 4.79 Å². The van der Waals surface area contributed by atoms with Crippen LogP contribution in [0.15, 0.2) is 29.2 Å². The lowest BCUT2D eigenvalue weighted by atomic mass is 10.1. The Morgan fingerprint density at radius 3 is 3.06 bits per heavy atom. The van der Waals surface area contributed by atoms with Crippen LogP contribution < -0.4 is 0 Å². The molecule has 0 aromatic heterocycles. The molecule has 0 spiro atoms. The number of amides is 1. The summed E-state index contributed by atoms with van der Waals surface area (Å²) >= 11 is 1.66. The first-order valence-electron chi connectivity index (χ1n) is 5.53. The molecule has 2 aliphatic rings. The zero-order valence-electron chi connectivity index (χ0n) is 8.89. The highest BCUT2D eigenvalue weighted by Crippen LogP contribution is 2.37. The van der Waals surface area contributed by atoms with Crippen molar-refractivity contribution in [1.82, 2.24) is 5.06 Å². The molecule has 0 bridgehead atoms. The number of hydrogen-bond acceptors (Lipinski definition) is 3. The van der Waals surface area contributed by atoms with Gasteiger partial charge in [0.05, 0.1) is 18.4 Å². The molecule has 1 atom stereocenters. The molecule has 4 heteroatoms. The fourth-order valence-corrected chi connectivity index (χ4v) is 3.35. The summed E-state index contributed by atoms with van der Waals surface area (Å²) in [4.78, 5) is 18.6. The zero-order valence-corrected chi connectivity index (χ0v) is 9.70. The van der Waals surface area contributed by atoms with Crippen molar-refractivity contribution < 1.29 is 9.63 Å². The molecule has 2 aliphatic heterocycles. The normalized spacial score (nSPS) is 23.5. The van der Waals surface area contributed by atoms with Crippen LogP contribution in [0.25, 0.3) is 0 Å². The van der Waals surface area contributed by atoms with Crippen LogP contribution in [-0.4, -0.2) is 29.4 Å². The molecular weight excluding hydrogens is 222 g/mol. The molecule has 1 saturated heterocycles. The minimum atomic E-state index is 0.00972. The minimum Gasteiger partial charge on any atom is -0.271 e. The maximum Gasteiger partial charge on any atom is 0.259 e. The van der Waals surface area contributed by atoms with Crippen LogP contribution >= 0.6 is 11.8 Å². The van der Waals surface area contributed by atoms with Gasteiger partial charge in [0.15, 0.2) is 0 Å². The van der Waals surface area contributed by atoms with E-state index in [0.717, 1.165) is 19.4 Å². The molecule has 1 fully saturated rings. The fourth-order valence-electron chi connectivity index (χ4n) is 2.10. The van der Waals surface area contributed by atoms with Crippen molar-refractivity contribution >= 4 is 17.7 Å². The smallest absolute Gasteiger partial charge is 0.259 e. The van der Waals surface area contributed by atoms with Crippen molar-refractivity contribution in [3.8, 4) is 0 Å². The van der Waals surface area contributed by atoms with E-state index in [1.54, 1.807) is 11.8 Å². The summed E-state index contributed by atoms with van der Waals surface area (Å²) in [5.41, 5.74) is 1.28. The molecule has 0 radical (unpaired) electrons. The van der Waals surface area contributed by atoms with Gasteiger partial charge in [0, 0.05) is 4.90 Å². The van der Waals surface area contributed by atoms with Crippen LogP contribution in [0.5, 0.6) is 0 Å². The predicted molar refractivity (Wildman–Crippen MR) is 62.1 cm³/mol. The molecule has 1 amide bonds. The third-order valence-electron chi connectivity index (χ3n) is 2.92. The van der Waals surface area contributed by atoms with Crippen molar-refractivity contribution in [2.75, 3.05) is 13.2 Å². The van der Waals surface area contributed by atoms with Crippen molar-refractivity contribution in [2.45, 2.75) is 23.0 Å². The molecule has 1 aromatic carbocycles. The van der Waals surface area contributed by atoms with Crippen molar-refractivity contribution in [3.05, 3.63) is 29.8 Å². The van der Waals surface area contributed by atoms with E-state index < -0.39 is 0 Å². The molecule has 16 heavy (non-hydrogen) atoms. The lowest BCUT2D eigenvalue weighted by Gasteiger charge is -2.17. The third kappa shape index (κ3) is 1.72. The van der Waals surface area contributed by atoms with Gasteiger partial charge < -0.3 is 0 Å². The Kier molecular flexibility index (Phi) is 2.61. The van der Waals surface area contributed by atoms with Gasteiger partial charge in [0.2, 0.25) is 0 Å². The van der Waals surface area contributed by atoms with E-state index in [1.807, 2.05) is 12.1 Å². The second kappa shape index (κ2) is 4.11. The second-order valence-corrected chi connectivity index (χ2v) is 5.29. The molecule has 1 unspecified atom stereocenters. The van der Waals surface area contributed by atoms with E-state index in [-0.39, 0.29) is 11.2 Å². The summed E-state index contributed by atoms with van der Waals surface area (Å²) in [6, 6.07) is 8.22. The van der Waals surface area contributed by atoms with E-state index in [1.165, 1.54) is 15.5 Å². The Hall–Kier alpha value is -1.00. The molecule has 0 aliphatic carbocycles. The Morgan fingerprint density at radius 1 is 1.44 bits per heavy atom. The SMILES string of the molecule is O=C(C1Cc2ccccc2S1)N1CCCO1. The number of hydrogen-bond donors (Lipinski definition) is 0. The van der Waals surface area contributed by atoms with Gasteiger partial charge in [-0.05, 0) is 24.5 Å². The van der Waals surface area contributed by atoms with Gasteiger partial charge in [-0.15, -0.1) is 11.8 Å². The van der Waals surface area contributed by atoms with Gasteiger partial charge in [0.1, 0.15) is 0 Å². The molecular formula is C12H13NO2S. The number of benzene rings is 1. The summed E-state index contributed by atoms with van der Waals surface area (Å²) in [7, 11) is 0. The number of fused-ring (bicyclic) bond motifs is 1. The van der Waals surface area contributed by atoms with Gasteiger partial charge >= 0.3 is 0 Å². The fraction of sp³-hybridized carbons (Fsp3) is 0.417. The van der Waals surface area contributed by atoms with Crippen LogP contribution in [0.3, 0.4) is 0 Å². The minimum absolute atomic E-state index is 0.00972. The number of rotatable bonds is 1. The maximum atomic E-state index is 12.1. The van der Waals surface area contributed by atoms with E-state index >= 15 is 0 Å². The van der Waals surface area contributed by atoms with Crippen LogP contribution in [0.4, 0.5) is 0 Å². The second-order valence-electron chi connectivity index (χ2n) is 4.05. The first-order valence-corrected chi connectivity index (χ1v) is 6.41. The summed E-state index contributed by atoms with van der Waals surface area (Å²) in [5.74, 6) is 0.124. The standard InChI is InChI=1S/C12H13NO2S/c14-12(13-6-3-7-15-13)11-8-9-4-1-2-5-10(9)16-11/h1-2,4-5,11H,3,6-8H2. The van der Waals surface area contributed by atoms with Gasteiger partial charge in [-0.3, -0.25) is 9.63 Å². The van der Waals surface area contributed by atoms with E-state index in [4.69, 9.17) is 4.84 Å². The van der Waals surface area contributed by atoms with Crippen LogP contribution in [0.1, 0.15) is 12.0 Å². The van der Waals surface area contributed by atoms with Gasteiger partial charge in [-0.1, -0.05) is 18.2 Å². The zero-order chi connectivity index (χ0) is 11.0. The Morgan fingerprint density at radius 2 is 2.31 bits per heavy atom. The number of thioether (sulfide) groups is 1. The monoisotopic (exact) mass is 235 g/mol. The molecule has 3 rings (SSSR count). The maximum absolute atomic E-state index is 12.1. The summed E-state index contributed by atoms with van der Waals surface area (Å²) in [5, 5.41) is 1.54. The lowest BCUT2D eigenvalue weighted by molar-refractivity contribution is -0.167. The summed E-state index contributed by atoms with van der Waals surface area (Å²) in [6.45, 7) is 1.42.